The number of thiophene rings is 1. The maximum Gasteiger partial charge on any atom is 0.277 e. The molecule has 1 fully saturated rings. The molecule has 3 heterocycles. The zero-order valence-corrected chi connectivity index (χ0v) is 14.8. The van der Waals surface area contributed by atoms with Gasteiger partial charge in [0.1, 0.15) is 0 Å². The summed E-state index contributed by atoms with van der Waals surface area (Å²) >= 11 is 2.75. The van der Waals surface area contributed by atoms with Crippen molar-refractivity contribution in [2.24, 2.45) is 11.7 Å². The van der Waals surface area contributed by atoms with Gasteiger partial charge in [-0.2, -0.15) is 0 Å². The van der Waals surface area contributed by atoms with Crippen molar-refractivity contribution in [3.8, 4) is 10.8 Å². The van der Waals surface area contributed by atoms with Gasteiger partial charge in [-0.1, -0.05) is 17.8 Å². The Balaban J connectivity index is 1.61. The number of amides is 2. The number of piperidine rings is 1. The molecule has 2 atom stereocenters. The van der Waals surface area contributed by atoms with Crippen LogP contribution in [0.2, 0.25) is 0 Å². The molecular weight excluding hydrogens is 348 g/mol. The summed E-state index contributed by atoms with van der Waals surface area (Å²) in [4.78, 5) is 26.5. The molecule has 1 aliphatic heterocycles. The Morgan fingerprint density at radius 3 is 3.04 bits per heavy atom. The number of rotatable bonds is 5. The van der Waals surface area contributed by atoms with Crippen molar-refractivity contribution in [3.05, 3.63) is 17.5 Å². The molecule has 2 aromatic heterocycles. The average Bonchev–Trinajstić information content (AvgIpc) is 3.25. The first-order valence-corrected chi connectivity index (χ1v) is 9.42. The van der Waals surface area contributed by atoms with E-state index in [0.29, 0.717) is 24.2 Å². The van der Waals surface area contributed by atoms with Crippen LogP contribution >= 0.6 is 23.1 Å². The van der Waals surface area contributed by atoms with Crippen molar-refractivity contribution < 1.29 is 14.0 Å². The molecule has 9 heteroatoms. The molecule has 24 heavy (non-hydrogen) atoms. The summed E-state index contributed by atoms with van der Waals surface area (Å²) in [6.07, 6.45) is 1.54. The molecule has 2 amide bonds. The number of aromatic nitrogens is 2. The fourth-order valence-electron chi connectivity index (χ4n) is 2.63. The van der Waals surface area contributed by atoms with Gasteiger partial charge in [0, 0.05) is 13.1 Å². The molecule has 0 spiro atoms. The van der Waals surface area contributed by atoms with Crippen LogP contribution in [0.25, 0.3) is 10.8 Å². The summed E-state index contributed by atoms with van der Waals surface area (Å²) in [6.45, 7) is 2.84. The van der Waals surface area contributed by atoms with E-state index < -0.39 is 0 Å². The normalized spacial score (nSPS) is 19.2. The van der Waals surface area contributed by atoms with E-state index in [-0.39, 0.29) is 23.0 Å². The van der Waals surface area contributed by atoms with E-state index in [1.807, 2.05) is 17.5 Å². The Kier molecular flexibility index (Phi) is 5.20. The second-order valence-corrected chi connectivity index (χ2v) is 7.88. The van der Waals surface area contributed by atoms with Gasteiger partial charge in [-0.25, -0.2) is 0 Å². The number of likely N-dealkylation sites (tertiary alicyclic amines) is 1. The third kappa shape index (κ3) is 3.78. The Bertz CT molecular complexity index is 716. The third-order valence-electron chi connectivity index (χ3n) is 3.90. The highest BCUT2D eigenvalue weighted by atomic mass is 32.2. The molecule has 7 nitrogen and oxygen atoms in total. The van der Waals surface area contributed by atoms with Gasteiger partial charge in [0.05, 0.1) is 16.0 Å². The second-order valence-electron chi connectivity index (χ2n) is 5.64. The van der Waals surface area contributed by atoms with Crippen LogP contribution in [-0.2, 0) is 9.59 Å². The summed E-state index contributed by atoms with van der Waals surface area (Å²) in [6, 6.07) is 3.81. The SMILES string of the molecule is CC(Sc1nnc(-c2cccs2)o1)C(=O)N1CCCC(C(N)=O)C1. The number of primary amides is 1. The maximum atomic E-state index is 12.6. The van der Waals surface area contributed by atoms with Gasteiger partial charge < -0.3 is 15.1 Å². The van der Waals surface area contributed by atoms with Crippen molar-refractivity contribution in [3.63, 3.8) is 0 Å². The van der Waals surface area contributed by atoms with E-state index in [1.165, 1.54) is 23.1 Å². The summed E-state index contributed by atoms with van der Waals surface area (Å²) in [5.74, 6) is -0.181. The molecule has 3 rings (SSSR count). The molecule has 2 unspecified atom stereocenters. The van der Waals surface area contributed by atoms with Crippen LogP contribution in [0.1, 0.15) is 19.8 Å². The van der Waals surface area contributed by atoms with Crippen molar-refractivity contribution in [1.29, 1.82) is 0 Å². The van der Waals surface area contributed by atoms with Gasteiger partial charge in [-0.3, -0.25) is 9.59 Å². The molecule has 0 aromatic carbocycles. The van der Waals surface area contributed by atoms with Crippen LogP contribution in [0, 0.1) is 5.92 Å². The molecule has 0 aliphatic carbocycles. The Labute approximate surface area is 147 Å². The van der Waals surface area contributed by atoms with Crippen molar-refractivity contribution in [2.45, 2.75) is 30.2 Å². The summed E-state index contributed by atoms with van der Waals surface area (Å²) < 4.78 is 5.60. The molecule has 1 aliphatic rings. The van der Waals surface area contributed by atoms with Gasteiger partial charge in [-0.15, -0.1) is 21.5 Å². The van der Waals surface area contributed by atoms with Crippen LogP contribution in [0.5, 0.6) is 0 Å². The number of nitrogens with zero attached hydrogens (tertiary/aromatic N) is 3. The molecule has 128 valence electrons. The number of carbonyl (C=O) groups excluding carboxylic acids is 2. The topological polar surface area (TPSA) is 102 Å². The fraction of sp³-hybridized carbons (Fsp3) is 0.467. The van der Waals surface area contributed by atoms with Crippen molar-refractivity contribution >= 4 is 34.9 Å². The van der Waals surface area contributed by atoms with E-state index in [4.69, 9.17) is 10.2 Å². The lowest BCUT2D eigenvalue weighted by molar-refractivity contribution is -0.134. The zero-order chi connectivity index (χ0) is 17.1. The highest BCUT2D eigenvalue weighted by Gasteiger charge is 2.30. The Hall–Kier alpha value is -1.87. The fourth-order valence-corrected chi connectivity index (χ4v) is 4.04. The quantitative estimate of drug-likeness (QED) is 0.812. The molecule has 0 bridgehead atoms. The predicted octanol–water partition coefficient (Wildman–Crippen LogP) is 2.00. The van der Waals surface area contributed by atoms with Crippen LogP contribution in [0.15, 0.2) is 27.2 Å². The highest BCUT2D eigenvalue weighted by molar-refractivity contribution is 8.00. The van der Waals surface area contributed by atoms with Crippen molar-refractivity contribution in [2.75, 3.05) is 13.1 Å². The number of hydrogen-bond donors (Lipinski definition) is 1. The minimum absolute atomic E-state index is 0.0400. The van der Waals surface area contributed by atoms with Crippen molar-refractivity contribution in [1.82, 2.24) is 15.1 Å². The van der Waals surface area contributed by atoms with E-state index in [2.05, 4.69) is 10.2 Å². The number of nitrogens with two attached hydrogens (primary N) is 1. The number of carbonyl (C=O) groups is 2. The van der Waals surface area contributed by atoms with Gasteiger partial charge in [0.15, 0.2) is 0 Å². The smallest absolute Gasteiger partial charge is 0.277 e. The molecule has 2 aromatic rings. The minimum atomic E-state index is -0.367. The monoisotopic (exact) mass is 366 g/mol. The van der Waals surface area contributed by atoms with Crippen LogP contribution < -0.4 is 5.73 Å². The molecule has 0 radical (unpaired) electrons. The second kappa shape index (κ2) is 7.35. The number of hydrogen-bond acceptors (Lipinski definition) is 7. The van der Waals surface area contributed by atoms with E-state index in [9.17, 15) is 9.59 Å². The zero-order valence-electron chi connectivity index (χ0n) is 13.2. The third-order valence-corrected chi connectivity index (χ3v) is 5.68. The lowest BCUT2D eigenvalue weighted by Crippen LogP contribution is -2.46. The first-order chi connectivity index (χ1) is 11.5. The van der Waals surface area contributed by atoms with Gasteiger partial charge in [0.2, 0.25) is 11.8 Å². The highest BCUT2D eigenvalue weighted by Crippen LogP contribution is 2.29. The standard InChI is InChI=1S/C15H18N4O3S2/c1-9(14(21)19-6-2-4-10(8-19)12(16)20)24-15-18-17-13(22-15)11-5-3-7-23-11/h3,5,7,9-10H,2,4,6,8H2,1H3,(H2,16,20). The van der Waals surface area contributed by atoms with E-state index in [0.717, 1.165) is 17.7 Å². The van der Waals surface area contributed by atoms with Crippen LogP contribution in [-0.4, -0.2) is 45.3 Å². The maximum absolute atomic E-state index is 12.6. The molecule has 1 saturated heterocycles. The largest absolute Gasteiger partial charge is 0.410 e. The molecule has 2 N–H and O–H groups in total. The lowest BCUT2D eigenvalue weighted by Gasteiger charge is -2.32. The summed E-state index contributed by atoms with van der Waals surface area (Å²) in [5.41, 5.74) is 5.36. The van der Waals surface area contributed by atoms with Gasteiger partial charge in [-0.05, 0) is 31.2 Å². The van der Waals surface area contributed by atoms with Crippen LogP contribution in [0.3, 0.4) is 0 Å². The molecule has 0 saturated carbocycles. The van der Waals surface area contributed by atoms with E-state index in [1.54, 1.807) is 11.8 Å². The Morgan fingerprint density at radius 2 is 2.33 bits per heavy atom. The first kappa shape index (κ1) is 17.0. The first-order valence-electron chi connectivity index (χ1n) is 7.66. The molecular formula is C15H18N4O3S2. The van der Waals surface area contributed by atoms with Gasteiger partial charge >= 0.3 is 0 Å². The van der Waals surface area contributed by atoms with Gasteiger partial charge in [0.25, 0.3) is 11.1 Å². The van der Waals surface area contributed by atoms with Crippen LogP contribution in [0.4, 0.5) is 0 Å². The predicted molar refractivity (Wildman–Crippen MR) is 91.4 cm³/mol. The Morgan fingerprint density at radius 1 is 1.50 bits per heavy atom. The summed E-state index contributed by atoms with van der Waals surface area (Å²) in [5, 5.41) is 9.93. The van der Waals surface area contributed by atoms with E-state index >= 15 is 0 Å². The lowest BCUT2D eigenvalue weighted by atomic mass is 9.97. The average molecular weight is 366 g/mol. The minimum Gasteiger partial charge on any atom is -0.410 e. The number of thioether (sulfide) groups is 1. The summed E-state index contributed by atoms with van der Waals surface area (Å²) in [7, 11) is 0.